The molecule has 8 heteroatoms. The summed E-state index contributed by atoms with van der Waals surface area (Å²) in [4.78, 5) is 35.9. The van der Waals surface area contributed by atoms with Crippen molar-refractivity contribution in [3.05, 3.63) is 45.5 Å². The van der Waals surface area contributed by atoms with E-state index in [9.17, 15) is 19.7 Å². The smallest absolute Gasteiger partial charge is 0.261 e. The molecule has 2 atom stereocenters. The lowest BCUT2D eigenvalue weighted by atomic mass is 10.1. The lowest BCUT2D eigenvalue weighted by Gasteiger charge is -2.19. The first kappa shape index (κ1) is 15.4. The van der Waals surface area contributed by atoms with Crippen molar-refractivity contribution >= 4 is 50.3 Å². The van der Waals surface area contributed by atoms with Crippen LogP contribution >= 0.6 is 38.5 Å². The number of hydrogen-bond donors (Lipinski definition) is 0. The molecule has 0 bridgehead atoms. The number of alkyl halides is 2. The number of carbonyl (C=O) groups is 2. The molecule has 0 saturated carbocycles. The van der Waals surface area contributed by atoms with Gasteiger partial charge in [0.15, 0.2) is 0 Å². The predicted molar refractivity (Wildman–Crippen MR) is 84.2 cm³/mol. The first-order valence-electron chi connectivity index (χ1n) is 5.76. The van der Waals surface area contributed by atoms with Gasteiger partial charge in [-0.1, -0.05) is 50.7 Å². The SMILES string of the molecule is O=C1c2ccccc2C(=O)N1CC(I)C(CBr)[N+](=O)[O-]. The topological polar surface area (TPSA) is 80.5 Å². The molecule has 0 fully saturated rings. The fourth-order valence-corrected chi connectivity index (χ4v) is 4.28. The summed E-state index contributed by atoms with van der Waals surface area (Å²) in [6, 6.07) is 5.71. The summed E-state index contributed by atoms with van der Waals surface area (Å²) in [5, 5.41) is 11.1. The predicted octanol–water partition coefficient (Wildman–Crippen LogP) is 2.13. The van der Waals surface area contributed by atoms with Crippen molar-refractivity contribution in [1.82, 2.24) is 4.90 Å². The molecule has 1 aliphatic rings. The van der Waals surface area contributed by atoms with E-state index in [2.05, 4.69) is 15.9 Å². The van der Waals surface area contributed by atoms with Gasteiger partial charge in [-0.2, -0.15) is 0 Å². The molecule has 1 aromatic rings. The van der Waals surface area contributed by atoms with Crippen LogP contribution in [0.1, 0.15) is 20.7 Å². The second-order valence-corrected chi connectivity index (χ2v) is 6.54. The number of benzene rings is 1. The zero-order valence-corrected chi connectivity index (χ0v) is 13.9. The highest BCUT2D eigenvalue weighted by Gasteiger charge is 2.39. The van der Waals surface area contributed by atoms with E-state index in [1.165, 1.54) is 0 Å². The number of halogens is 2. The van der Waals surface area contributed by atoms with Gasteiger partial charge in [0.25, 0.3) is 11.8 Å². The molecule has 2 rings (SSSR count). The summed E-state index contributed by atoms with van der Waals surface area (Å²) in [5.41, 5.74) is 0.718. The molecule has 106 valence electrons. The average Bonchev–Trinajstić information content (AvgIpc) is 2.65. The highest BCUT2D eigenvalue weighted by Crippen LogP contribution is 2.24. The molecule has 0 radical (unpaired) electrons. The molecule has 0 saturated heterocycles. The van der Waals surface area contributed by atoms with Gasteiger partial charge in [-0.3, -0.25) is 24.6 Å². The minimum atomic E-state index is -0.847. The second-order valence-electron chi connectivity index (χ2n) is 4.29. The number of hydrogen-bond acceptors (Lipinski definition) is 4. The largest absolute Gasteiger partial charge is 0.273 e. The Morgan fingerprint density at radius 2 is 1.75 bits per heavy atom. The Kier molecular flexibility index (Phi) is 4.74. The van der Waals surface area contributed by atoms with E-state index in [4.69, 9.17) is 0 Å². The summed E-state index contributed by atoms with van der Waals surface area (Å²) < 4.78 is -0.454. The van der Waals surface area contributed by atoms with Crippen LogP contribution in [0.5, 0.6) is 0 Å². The quantitative estimate of drug-likeness (QED) is 0.225. The van der Waals surface area contributed by atoms with E-state index >= 15 is 0 Å². The van der Waals surface area contributed by atoms with Gasteiger partial charge in [0, 0.05) is 11.5 Å². The molecular formula is C12H10BrIN2O4. The van der Waals surface area contributed by atoms with E-state index in [1.807, 2.05) is 22.6 Å². The van der Waals surface area contributed by atoms with Gasteiger partial charge < -0.3 is 0 Å². The van der Waals surface area contributed by atoms with E-state index in [0.29, 0.717) is 11.1 Å². The number of fused-ring (bicyclic) bond motifs is 1. The zero-order chi connectivity index (χ0) is 14.9. The maximum Gasteiger partial charge on any atom is 0.261 e. The van der Waals surface area contributed by atoms with Crippen molar-refractivity contribution in [1.29, 1.82) is 0 Å². The molecule has 6 nitrogen and oxygen atoms in total. The van der Waals surface area contributed by atoms with Crippen LogP contribution in [0.2, 0.25) is 0 Å². The van der Waals surface area contributed by atoms with Crippen LogP contribution in [0, 0.1) is 10.1 Å². The molecule has 0 aliphatic carbocycles. The van der Waals surface area contributed by atoms with Gasteiger partial charge in [0.05, 0.1) is 20.4 Å². The Balaban J connectivity index is 2.18. The number of nitro groups is 1. The molecule has 0 spiro atoms. The Hall–Kier alpha value is -1.03. The fourth-order valence-electron chi connectivity index (χ4n) is 1.99. The van der Waals surface area contributed by atoms with Crippen LogP contribution in [-0.4, -0.2) is 43.5 Å². The third-order valence-electron chi connectivity index (χ3n) is 3.08. The number of amides is 2. The van der Waals surface area contributed by atoms with Crippen molar-refractivity contribution in [2.24, 2.45) is 0 Å². The van der Waals surface area contributed by atoms with E-state index in [1.54, 1.807) is 24.3 Å². The lowest BCUT2D eigenvalue weighted by Crippen LogP contribution is -2.42. The van der Waals surface area contributed by atoms with Gasteiger partial charge >= 0.3 is 0 Å². The highest BCUT2D eigenvalue weighted by atomic mass is 127. The monoisotopic (exact) mass is 452 g/mol. The first-order valence-corrected chi connectivity index (χ1v) is 8.12. The van der Waals surface area contributed by atoms with Crippen LogP contribution in [0.4, 0.5) is 0 Å². The molecule has 20 heavy (non-hydrogen) atoms. The number of carbonyl (C=O) groups excluding carboxylic acids is 2. The van der Waals surface area contributed by atoms with Gasteiger partial charge in [-0.25, -0.2) is 0 Å². The maximum absolute atomic E-state index is 12.1. The minimum absolute atomic E-state index is 0.0319. The zero-order valence-electron chi connectivity index (χ0n) is 10.2. The van der Waals surface area contributed by atoms with Gasteiger partial charge in [-0.15, -0.1) is 0 Å². The summed E-state index contributed by atoms with van der Waals surface area (Å²) in [5.74, 6) is -0.770. The van der Waals surface area contributed by atoms with Crippen molar-refractivity contribution in [3.63, 3.8) is 0 Å². The van der Waals surface area contributed by atoms with Gasteiger partial charge in [0.2, 0.25) is 6.04 Å². The minimum Gasteiger partial charge on any atom is -0.273 e. The first-order chi connectivity index (χ1) is 9.47. The number of rotatable bonds is 5. The maximum atomic E-state index is 12.1. The standard InChI is InChI=1S/C12H10BrIN2O4/c13-5-10(16(19)20)9(14)6-15-11(17)7-3-1-2-4-8(7)12(15)18/h1-4,9-10H,5-6H2. The molecule has 0 N–H and O–H groups in total. The molecule has 2 amide bonds. The van der Waals surface area contributed by atoms with Crippen molar-refractivity contribution in [3.8, 4) is 0 Å². The van der Waals surface area contributed by atoms with Crippen LogP contribution in [-0.2, 0) is 0 Å². The lowest BCUT2D eigenvalue weighted by molar-refractivity contribution is -0.514. The van der Waals surface area contributed by atoms with Crippen molar-refractivity contribution in [2.45, 2.75) is 9.97 Å². The van der Waals surface area contributed by atoms with E-state index in [-0.39, 0.29) is 23.7 Å². The Bertz CT molecular complexity index is 545. The summed E-state index contributed by atoms with van der Waals surface area (Å²) in [6.45, 7) is 0.0319. The van der Waals surface area contributed by atoms with E-state index in [0.717, 1.165) is 4.90 Å². The molecule has 2 unspecified atom stereocenters. The Morgan fingerprint density at radius 3 is 2.15 bits per heavy atom. The molecule has 0 aromatic heterocycles. The fraction of sp³-hybridized carbons (Fsp3) is 0.333. The second kappa shape index (κ2) is 6.17. The third-order valence-corrected chi connectivity index (χ3v) is 4.97. The highest BCUT2D eigenvalue weighted by molar-refractivity contribution is 14.1. The van der Waals surface area contributed by atoms with E-state index < -0.39 is 14.9 Å². The third kappa shape index (κ3) is 2.71. The summed E-state index contributed by atoms with van der Waals surface area (Å²) in [7, 11) is 0. The summed E-state index contributed by atoms with van der Waals surface area (Å²) >= 11 is 5.00. The number of imide groups is 1. The van der Waals surface area contributed by atoms with Gasteiger partial charge in [-0.05, 0) is 12.1 Å². The Morgan fingerprint density at radius 1 is 1.25 bits per heavy atom. The normalized spacial score (nSPS) is 17.0. The van der Waals surface area contributed by atoms with Gasteiger partial charge in [0.1, 0.15) is 0 Å². The van der Waals surface area contributed by atoms with Crippen LogP contribution < -0.4 is 0 Å². The van der Waals surface area contributed by atoms with Crippen molar-refractivity contribution < 1.29 is 14.5 Å². The molecule has 1 aliphatic heterocycles. The van der Waals surface area contributed by atoms with Crippen LogP contribution in [0.3, 0.4) is 0 Å². The molecule has 1 heterocycles. The molecular weight excluding hydrogens is 443 g/mol. The summed E-state index contributed by atoms with van der Waals surface area (Å²) in [6.07, 6.45) is 0. The molecule has 1 aromatic carbocycles. The Labute approximate surface area is 136 Å². The number of nitrogens with zero attached hydrogens (tertiary/aromatic N) is 2. The van der Waals surface area contributed by atoms with Crippen molar-refractivity contribution in [2.75, 3.05) is 11.9 Å². The van der Waals surface area contributed by atoms with Crippen LogP contribution in [0.15, 0.2) is 24.3 Å². The average molecular weight is 453 g/mol. The van der Waals surface area contributed by atoms with Crippen LogP contribution in [0.25, 0.3) is 0 Å².